The topological polar surface area (TPSA) is 69.0 Å². The van der Waals surface area contributed by atoms with Crippen molar-refractivity contribution in [3.8, 4) is 0 Å². The highest BCUT2D eigenvalue weighted by Gasteiger charge is 2.33. The fourth-order valence-corrected chi connectivity index (χ4v) is 4.68. The summed E-state index contributed by atoms with van der Waals surface area (Å²) in [5, 5.41) is 0. The summed E-state index contributed by atoms with van der Waals surface area (Å²) in [6.07, 6.45) is 7.98. The Morgan fingerprint density at radius 2 is 1.79 bits per heavy atom. The number of piperidine rings is 1. The molecule has 2 aromatic rings. The van der Waals surface area contributed by atoms with Gasteiger partial charge in [-0.3, -0.25) is 14.5 Å². The molecule has 2 aliphatic rings. The monoisotopic (exact) mass is 327 g/mol. The van der Waals surface area contributed by atoms with Crippen molar-refractivity contribution in [3.63, 3.8) is 0 Å². The molecule has 128 valence electrons. The number of H-pyrrole nitrogens is 2. The molecule has 1 aromatic heterocycles. The van der Waals surface area contributed by atoms with Crippen LogP contribution in [0.15, 0.2) is 21.7 Å². The molecule has 2 atom stereocenters. The number of nitrogens with one attached hydrogen (secondary N) is 2. The van der Waals surface area contributed by atoms with Crippen molar-refractivity contribution in [2.45, 2.75) is 58.0 Å². The second-order valence-electron chi connectivity index (χ2n) is 7.42. The van der Waals surface area contributed by atoms with E-state index in [1.807, 2.05) is 12.1 Å². The molecular formula is C19H25N3O2. The first-order chi connectivity index (χ1) is 11.6. The van der Waals surface area contributed by atoms with Crippen molar-refractivity contribution < 1.29 is 0 Å². The number of nitrogens with zero attached hydrogens (tertiary/aromatic N) is 1. The number of aromatic amines is 2. The minimum absolute atomic E-state index is 0.566. The van der Waals surface area contributed by atoms with E-state index < -0.39 is 11.1 Å². The van der Waals surface area contributed by atoms with Crippen LogP contribution in [0.5, 0.6) is 0 Å². The maximum absolute atomic E-state index is 11.8. The van der Waals surface area contributed by atoms with Gasteiger partial charge in [0.1, 0.15) is 0 Å². The lowest BCUT2D eigenvalue weighted by molar-refractivity contribution is 0.0548. The summed E-state index contributed by atoms with van der Waals surface area (Å²) in [5.74, 6) is 0.835. The van der Waals surface area contributed by atoms with Crippen LogP contribution in [-0.4, -0.2) is 27.5 Å². The van der Waals surface area contributed by atoms with Crippen LogP contribution in [0.3, 0.4) is 0 Å². The molecule has 2 unspecified atom stereocenters. The van der Waals surface area contributed by atoms with Crippen molar-refractivity contribution in [2.75, 3.05) is 6.54 Å². The number of likely N-dealkylation sites (tertiary alicyclic amines) is 1. The molecule has 0 bridgehead atoms. The third-order valence-corrected chi connectivity index (χ3v) is 5.96. The molecule has 2 N–H and O–H groups in total. The van der Waals surface area contributed by atoms with Crippen molar-refractivity contribution in [1.29, 1.82) is 0 Å². The standard InChI is InChI=1S/C19H25N3O2/c1-12-8-9-15-17(21-19(24)18(23)20-15)14(12)11-22-10-4-6-13-5-2-3-7-16(13)22/h8-9,13,16H,2-7,10-11H2,1H3,(H,20,23)(H,21,24). The van der Waals surface area contributed by atoms with Gasteiger partial charge in [-0.2, -0.15) is 0 Å². The molecule has 0 radical (unpaired) electrons. The Balaban J connectivity index is 1.73. The summed E-state index contributed by atoms with van der Waals surface area (Å²) in [7, 11) is 0. The zero-order valence-corrected chi connectivity index (χ0v) is 14.2. The predicted octanol–water partition coefficient (Wildman–Crippen LogP) is 2.68. The van der Waals surface area contributed by atoms with E-state index in [4.69, 9.17) is 0 Å². The quantitative estimate of drug-likeness (QED) is 0.833. The number of rotatable bonds is 2. The average molecular weight is 327 g/mol. The van der Waals surface area contributed by atoms with Crippen LogP contribution in [0.1, 0.15) is 49.7 Å². The van der Waals surface area contributed by atoms with Crippen LogP contribution in [0.4, 0.5) is 0 Å². The Kier molecular flexibility index (Phi) is 4.04. The summed E-state index contributed by atoms with van der Waals surface area (Å²) >= 11 is 0. The number of hydrogen-bond donors (Lipinski definition) is 2. The van der Waals surface area contributed by atoms with Crippen molar-refractivity contribution in [3.05, 3.63) is 44.0 Å². The zero-order valence-electron chi connectivity index (χ0n) is 14.2. The molecule has 2 fully saturated rings. The summed E-state index contributed by atoms with van der Waals surface area (Å²) < 4.78 is 0. The van der Waals surface area contributed by atoms with Gasteiger partial charge in [0.05, 0.1) is 11.0 Å². The van der Waals surface area contributed by atoms with E-state index in [1.165, 1.54) is 44.1 Å². The first-order valence-corrected chi connectivity index (χ1v) is 9.12. The van der Waals surface area contributed by atoms with E-state index in [-0.39, 0.29) is 0 Å². The number of benzene rings is 1. The molecule has 1 aliphatic carbocycles. The largest absolute Gasteiger partial charge is 0.316 e. The fraction of sp³-hybridized carbons (Fsp3) is 0.579. The Morgan fingerprint density at radius 3 is 2.67 bits per heavy atom. The fourth-order valence-electron chi connectivity index (χ4n) is 4.68. The lowest BCUT2D eigenvalue weighted by Gasteiger charge is -2.44. The molecule has 0 amide bonds. The van der Waals surface area contributed by atoms with Gasteiger partial charge < -0.3 is 9.97 Å². The van der Waals surface area contributed by atoms with Crippen LogP contribution in [0.25, 0.3) is 11.0 Å². The molecule has 4 rings (SSSR count). The molecule has 1 aromatic carbocycles. The summed E-state index contributed by atoms with van der Waals surface area (Å²) in [5.41, 5.74) is 2.68. The van der Waals surface area contributed by atoms with Crippen LogP contribution in [0, 0.1) is 12.8 Å². The van der Waals surface area contributed by atoms with Crippen LogP contribution in [-0.2, 0) is 6.54 Å². The Hall–Kier alpha value is -1.88. The Bertz CT molecular complexity index is 865. The number of fused-ring (bicyclic) bond motifs is 2. The maximum atomic E-state index is 11.8. The summed E-state index contributed by atoms with van der Waals surface area (Å²) in [6.45, 7) is 4.07. The van der Waals surface area contributed by atoms with Crippen LogP contribution >= 0.6 is 0 Å². The first kappa shape index (κ1) is 15.6. The normalized spacial score (nSPS) is 24.9. The number of aromatic nitrogens is 2. The van der Waals surface area contributed by atoms with Crippen molar-refractivity contribution >= 4 is 11.0 Å². The highest BCUT2D eigenvalue weighted by atomic mass is 16.2. The first-order valence-electron chi connectivity index (χ1n) is 9.12. The SMILES string of the molecule is Cc1ccc2[nH]c(=O)c(=O)[nH]c2c1CN1CCCC2CCCCC21. The van der Waals surface area contributed by atoms with Gasteiger partial charge in [0.2, 0.25) is 0 Å². The molecule has 24 heavy (non-hydrogen) atoms. The van der Waals surface area contributed by atoms with Gasteiger partial charge >= 0.3 is 11.1 Å². The molecule has 1 aliphatic heterocycles. The molecule has 5 nitrogen and oxygen atoms in total. The molecular weight excluding hydrogens is 302 g/mol. The van der Waals surface area contributed by atoms with Gasteiger partial charge in [-0.05, 0) is 62.3 Å². The van der Waals surface area contributed by atoms with E-state index in [0.717, 1.165) is 35.6 Å². The summed E-state index contributed by atoms with van der Waals surface area (Å²) in [4.78, 5) is 31.5. The highest BCUT2D eigenvalue weighted by molar-refractivity contribution is 5.78. The molecule has 0 spiro atoms. The van der Waals surface area contributed by atoms with E-state index in [1.54, 1.807) is 0 Å². The van der Waals surface area contributed by atoms with Gasteiger partial charge in [0.25, 0.3) is 0 Å². The van der Waals surface area contributed by atoms with Crippen LogP contribution in [0.2, 0.25) is 0 Å². The molecule has 1 saturated heterocycles. The second-order valence-corrected chi connectivity index (χ2v) is 7.42. The smallest absolute Gasteiger partial charge is 0.314 e. The number of hydrogen-bond acceptors (Lipinski definition) is 3. The average Bonchev–Trinajstić information content (AvgIpc) is 2.59. The van der Waals surface area contributed by atoms with Gasteiger partial charge in [0.15, 0.2) is 0 Å². The lowest BCUT2D eigenvalue weighted by atomic mass is 9.78. The summed E-state index contributed by atoms with van der Waals surface area (Å²) in [6, 6.07) is 4.59. The second kappa shape index (κ2) is 6.20. The van der Waals surface area contributed by atoms with E-state index in [0.29, 0.717) is 6.04 Å². The van der Waals surface area contributed by atoms with Gasteiger partial charge in [-0.1, -0.05) is 18.9 Å². The minimum Gasteiger partial charge on any atom is -0.316 e. The molecule has 1 saturated carbocycles. The van der Waals surface area contributed by atoms with Crippen molar-refractivity contribution in [2.24, 2.45) is 5.92 Å². The van der Waals surface area contributed by atoms with E-state index in [9.17, 15) is 9.59 Å². The maximum Gasteiger partial charge on any atom is 0.314 e. The van der Waals surface area contributed by atoms with Crippen LogP contribution < -0.4 is 11.1 Å². The minimum atomic E-state index is -0.581. The predicted molar refractivity (Wildman–Crippen MR) is 95.3 cm³/mol. The molecule has 2 heterocycles. The van der Waals surface area contributed by atoms with E-state index in [2.05, 4.69) is 21.8 Å². The third-order valence-electron chi connectivity index (χ3n) is 5.96. The lowest BCUT2D eigenvalue weighted by Crippen LogP contribution is -2.46. The van der Waals surface area contributed by atoms with E-state index >= 15 is 0 Å². The zero-order chi connectivity index (χ0) is 16.7. The Labute approximate surface area is 141 Å². The van der Waals surface area contributed by atoms with Crippen molar-refractivity contribution in [1.82, 2.24) is 14.9 Å². The van der Waals surface area contributed by atoms with Gasteiger partial charge in [0, 0.05) is 12.6 Å². The highest BCUT2D eigenvalue weighted by Crippen LogP contribution is 2.36. The third kappa shape index (κ3) is 2.71. The van der Waals surface area contributed by atoms with Gasteiger partial charge in [-0.25, -0.2) is 0 Å². The van der Waals surface area contributed by atoms with Gasteiger partial charge in [-0.15, -0.1) is 0 Å². The molecule has 5 heteroatoms. The number of aryl methyl sites for hydroxylation is 1. The Morgan fingerprint density at radius 1 is 1.04 bits per heavy atom.